The molecule has 2 heterocycles. The first kappa shape index (κ1) is 18.9. The maximum atomic E-state index is 13.4. The zero-order chi connectivity index (χ0) is 19.7. The van der Waals surface area contributed by atoms with Crippen LogP contribution in [-0.4, -0.2) is 34.6 Å². The fourth-order valence-corrected chi connectivity index (χ4v) is 5.23. The number of benzene rings is 2. The molecule has 7 heteroatoms. The first-order valence-electron chi connectivity index (χ1n) is 9.23. The summed E-state index contributed by atoms with van der Waals surface area (Å²) < 4.78 is 26.1. The Kier molecular flexibility index (Phi) is 5.10. The third-order valence-electron chi connectivity index (χ3n) is 5.37. The van der Waals surface area contributed by atoms with Gasteiger partial charge in [-0.15, -0.1) is 11.8 Å². The van der Waals surface area contributed by atoms with Gasteiger partial charge in [0.05, 0.1) is 0 Å². The van der Waals surface area contributed by atoms with E-state index in [0.717, 1.165) is 10.5 Å². The van der Waals surface area contributed by atoms with Crippen molar-refractivity contribution in [3.05, 3.63) is 65.2 Å². The van der Waals surface area contributed by atoms with E-state index >= 15 is 0 Å². The number of carbonyl (C=O) groups excluding carboxylic acids is 2. The largest absolute Gasteiger partial charge is 0.334 e. The van der Waals surface area contributed by atoms with Gasteiger partial charge in [-0.05, 0) is 48.7 Å². The lowest BCUT2D eigenvalue weighted by Gasteiger charge is -2.43. The highest BCUT2D eigenvalue weighted by atomic mass is 32.2. The number of fused-ring (bicyclic) bond motifs is 1. The highest BCUT2D eigenvalue weighted by Gasteiger charge is 2.42. The van der Waals surface area contributed by atoms with Crippen LogP contribution in [0.3, 0.4) is 0 Å². The summed E-state index contributed by atoms with van der Waals surface area (Å²) in [5.74, 6) is -0.723. The Balaban J connectivity index is 1.35. The average Bonchev–Trinajstić information content (AvgIpc) is 2.69. The number of Topliss-reactive ketones (excluding diaryl/α,β-unsaturated/α-hetero) is 1. The molecule has 2 aromatic rings. The molecule has 0 atom stereocenters. The van der Waals surface area contributed by atoms with Crippen LogP contribution < -0.4 is 5.32 Å². The van der Waals surface area contributed by atoms with Crippen LogP contribution >= 0.6 is 11.8 Å². The summed E-state index contributed by atoms with van der Waals surface area (Å²) in [4.78, 5) is 27.5. The number of carbonyl (C=O) groups is 2. The monoisotopic (exact) mass is 402 g/mol. The second-order valence-corrected chi connectivity index (χ2v) is 8.81. The quantitative estimate of drug-likeness (QED) is 0.811. The lowest BCUT2D eigenvalue weighted by atomic mass is 9.88. The molecular formula is C21H20F2N2O2S. The molecule has 1 N–H and O–H groups in total. The minimum absolute atomic E-state index is 0.0255. The summed E-state index contributed by atoms with van der Waals surface area (Å²) >= 11 is 1.64. The van der Waals surface area contributed by atoms with Crippen LogP contribution in [0, 0.1) is 11.6 Å². The number of nitrogens with one attached hydrogen (secondary N) is 1. The van der Waals surface area contributed by atoms with Gasteiger partial charge in [-0.2, -0.15) is 0 Å². The van der Waals surface area contributed by atoms with E-state index in [0.29, 0.717) is 44.5 Å². The van der Waals surface area contributed by atoms with Crippen LogP contribution in [0.15, 0.2) is 47.4 Å². The maximum absolute atomic E-state index is 13.4. The van der Waals surface area contributed by atoms with Gasteiger partial charge in [-0.3, -0.25) is 4.79 Å². The molecule has 2 aliphatic rings. The molecule has 0 saturated carbocycles. The van der Waals surface area contributed by atoms with E-state index in [4.69, 9.17) is 0 Å². The van der Waals surface area contributed by atoms with Gasteiger partial charge in [0, 0.05) is 41.3 Å². The van der Waals surface area contributed by atoms with Crippen molar-refractivity contribution in [3.8, 4) is 0 Å². The minimum Gasteiger partial charge on any atom is -0.334 e. The van der Waals surface area contributed by atoms with Crippen molar-refractivity contribution in [2.75, 3.05) is 13.1 Å². The Labute approximate surface area is 166 Å². The fraction of sp³-hybridized carbons (Fsp3) is 0.333. The van der Waals surface area contributed by atoms with Gasteiger partial charge in [-0.25, -0.2) is 13.6 Å². The Bertz CT molecular complexity index is 909. The smallest absolute Gasteiger partial charge is 0.317 e. The molecule has 2 aromatic carbocycles. The van der Waals surface area contributed by atoms with Crippen molar-refractivity contribution < 1.29 is 18.4 Å². The molecule has 0 aromatic heterocycles. The number of rotatable bonds is 2. The van der Waals surface area contributed by atoms with Crippen LogP contribution in [0.1, 0.15) is 35.2 Å². The van der Waals surface area contributed by atoms with E-state index < -0.39 is 5.82 Å². The van der Waals surface area contributed by atoms with Crippen LogP contribution in [-0.2, 0) is 6.54 Å². The van der Waals surface area contributed by atoms with Crippen molar-refractivity contribution in [1.82, 2.24) is 10.2 Å². The SMILES string of the molecule is O=C1CC2(CCN(C(=O)NCc3ccc(F)cc3)CC2)Sc2ccc(F)cc21. The highest BCUT2D eigenvalue weighted by molar-refractivity contribution is 8.01. The lowest BCUT2D eigenvalue weighted by Crippen LogP contribution is -2.49. The van der Waals surface area contributed by atoms with Crippen molar-refractivity contribution in [1.29, 1.82) is 0 Å². The molecule has 4 rings (SSSR count). The molecule has 0 bridgehead atoms. The van der Waals surface area contributed by atoms with E-state index in [1.807, 2.05) is 0 Å². The number of nitrogens with zero attached hydrogens (tertiary/aromatic N) is 1. The maximum Gasteiger partial charge on any atom is 0.317 e. The summed E-state index contributed by atoms with van der Waals surface area (Å²) in [6.07, 6.45) is 1.80. The Morgan fingerprint density at radius 2 is 1.75 bits per heavy atom. The van der Waals surface area contributed by atoms with E-state index in [2.05, 4.69) is 5.32 Å². The summed E-state index contributed by atoms with van der Waals surface area (Å²) in [6.45, 7) is 1.46. The van der Waals surface area contributed by atoms with Crippen molar-refractivity contribution in [2.45, 2.75) is 35.4 Å². The van der Waals surface area contributed by atoms with Gasteiger partial charge in [0.2, 0.25) is 0 Å². The lowest BCUT2D eigenvalue weighted by molar-refractivity contribution is 0.0943. The molecule has 1 spiro atoms. The third-order valence-corrected chi connectivity index (χ3v) is 6.93. The number of hydrogen-bond acceptors (Lipinski definition) is 3. The normalized spacial score (nSPS) is 18.1. The molecule has 1 fully saturated rings. The van der Waals surface area contributed by atoms with Crippen LogP contribution in [0.2, 0.25) is 0 Å². The van der Waals surface area contributed by atoms with Gasteiger partial charge in [0.1, 0.15) is 11.6 Å². The number of hydrogen-bond donors (Lipinski definition) is 1. The molecule has 146 valence electrons. The van der Waals surface area contributed by atoms with Crippen molar-refractivity contribution in [3.63, 3.8) is 0 Å². The molecule has 0 radical (unpaired) electrons. The first-order valence-corrected chi connectivity index (χ1v) is 10.0. The first-order chi connectivity index (χ1) is 13.4. The van der Waals surface area contributed by atoms with Crippen molar-refractivity contribution in [2.24, 2.45) is 0 Å². The second kappa shape index (κ2) is 7.54. The zero-order valence-electron chi connectivity index (χ0n) is 15.2. The third kappa shape index (κ3) is 3.90. The van der Waals surface area contributed by atoms with E-state index in [9.17, 15) is 18.4 Å². The van der Waals surface area contributed by atoms with Gasteiger partial charge < -0.3 is 10.2 Å². The van der Waals surface area contributed by atoms with Crippen LogP contribution in [0.5, 0.6) is 0 Å². The summed E-state index contributed by atoms with van der Waals surface area (Å²) in [7, 11) is 0. The van der Waals surface area contributed by atoms with E-state index in [1.54, 1.807) is 34.9 Å². The molecule has 2 amide bonds. The standard InChI is InChI=1S/C21H20F2N2O2S/c22-15-3-1-14(2-4-15)13-24-20(27)25-9-7-21(8-10-25)12-18(26)17-11-16(23)5-6-19(17)28-21/h1-6,11H,7-10,12-13H2,(H,24,27). The van der Waals surface area contributed by atoms with Gasteiger partial charge in [0.25, 0.3) is 0 Å². The number of amides is 2. The molecule has 1 saturated heterocycles. The number of halogens is 2. The van der Waals surface area contributed by atoms with Gasteiger partial charge >= 0.3 is 6.03 Å². The Morgan fingerprint density at radius 3 is 2.46 bits per heavy atom. The number of thioether (sulfide) groups is 1. The molecule has 0 unspecified atom stereocenters. The average molecular weight is 402 g/mol. The molecule has 0 aliphatic carbocycles. The fourth-order valence-electron chi connectivity index (χ4n) is 3.75. The summed E-state index contributed by atoms with van der Waals surface area (Å²) in [5.41, 5.74) is 1.30. The Morgan fingerprint density at radius 1 is 1.07 bits per heavy atom. The van der Waals surface area contributed by atoms with E-state index in [-0.39, 0.29) is 22.4 Å². The Hall–Kier alpha value is -2.41. The topological polar surface area (TPSA) is 49.4 Å². The predicted octanol–water partition coefficient (Wildman–Crippen LogP) is 4.39. The van der Waals surface area contributed by atoms with Gasteiger partial charge in [-0.1, -0.05) is 12.1 Å². The minimum atomic E-state index is -0.392. The van der Waals surface area contributed by atoms with Gasteiger partial charge in [0.15, 0.2) is 5.78 Å². The molecule has 4 nitrogen and oxygen atoms in total. The zero-order valence-corrected chi connectivity index (χ0v) is 16.0. The highest BCUT2D eigenvalue weighted by Crippen LogP contribution is 2.49. The van der Waals surface area contributed by atoms with Crippen LogP contribution in [0.25, 0.3) is 0 Å². The second-order valence-electron chi connectivity index (χ2n) is 7.30. The summed E-state index contributed by atoms with van der Waals surface area (Å²) in [5, 5.41) is 2.86. The molecule has 2 aliphatic heterocycles. The van der Waals surface area contributed by atoms with Crippen molar-refractivity contribution >= 4 is 23.6 Å². The molecular weight excluding hydrogens is 382 g/mol. The van der Waals surface area contributed by atoms with E-state index in [1.165, 1.54) is 24.3 Å². The number of ketones is 1. The number of urea groups is 1. The number of likely N-dealkylation sites (tertiary alicyclic amines) is 1. The molecule has 28 heavy (non-hydrogen) atoms. The predicted molar refractivity (Wildman–Crippen MR) is 103 cm³/mol. The number of piperidine rings is 1. The summed E-state index contributed by atoms with van der Waals surface area (Å²) in [6, 6.07) is 10.2. The van der Waals surface area contributed by atoms with Crippen LogP contribution in [0.4, 0.5) is 13.6 Å².